The van der Waals surface area contributed by atoms with Crippen LogP contribution < -0.4 is 5.32 Å². The van der Waals surface area contributed by atoms with Crippen LogP contribution in [-0.2, 0) is 14.8 Å². The van der Waals surface area contributed by atoms with Gasteiger partial charge in [0.25, 0.3) is 5.91 Å². The molecule has 0 spiro atoms. The first kappa shape index (κ1) is 21.3. The van der Waals surface area contributed by atoms with Crippen LogP contribution in [0.3, 0.4) is 0 Å². The third kappa shape index (κ3) is 5.52. The molecule has 1 atom stereocenters. The second-order valence-electron chi connectivity index (χ2n) is 7.01. The molecule has 1 aromatic carbocycles. The number of hydrogen-bond acceptors (Lipinski definition) is 4. The predicted molar refractivity (Wildman–Crippen MR) is 105 cm³/mol. The van der Waals surface area contributed by atoms with Gasteiger partial charge in [-0.15, -0.1) is 0 Å². The fourth-order valence-electron chi connectivity index (χ4n) is 2.73. The van der Waals surface area contributed by atoms with Crippen molar-refractivity contribution in [3.8, 4) is 0 Å². The number of hydrogen-bond donors (Lipinski definition) is 1. The van der Waals surface area contributed by atoms with E-state index >= 15 is 0 Å². The van der Waals surface area contributed by atoms with Gasteiger partial charge in [-0.2, -0.15) is 4.31 Å². The summed E-state index contributed by atoms with van der Waals surface area (Å²) < 4.78 is 32.9. The number of morpholine rings is 1. The summed E-state index contributed by atoms with van der Waals surface area (Å²) >= 11 is 3.30. The Balaban J connectivity index is 2.17. The van der Waals surface area contributed by atoms with Gasteiger partial charge in [0.05, 0.1) is 18.1 Å². The molecule has 2 rings (SSSR count). The van der Waals surface area contributed by atoms with Crippen molar-refractivity contribution in [2.75, 3.05) is 26.3 Å². The summed E-state index contributed by atoms with van der Waals surface area (Å²) in [7, 11) is -3.67. The number of carbonyl (C=O) groups is 1. The lowest BCUT2D eigenvalue weighted by atomic mass is 10.0. The molecule has 0 aliphatic carbocycles. The molecule has 1 amide bonds. The highest BCUT2D eigenvalue weighted by atomic mass is 79.9. The van der Waals surface area contributed by atoms with Crippen LogP contribution in [0.25, 0.3) is 0 Å². The van der Waals surface area contributed by atoms with Gasteiger partial charge >= 0.3 is 0 Å². The number of amides is 1. The number of nitrogens with one attached hydrogen (secondary N) is 1. The van der Waals surface area contributed by atoms with Crippen molar-refractivity contribution >= 4 is 31.9 Å². The van der Waals surface area contributed by atoms with E-state index in [0.29, 0.717) is 42.3 Å². The van der Waals surface area contributed by atoms with Crippen LogP contribution in [0.5, 0.6) is 0 Å². The van der Waals surface area contributed by atoms with Crippen molar-refractivity contribution in [3.05, 3.63) is 28.2 Å². The van der Waals surface area contributed by atoms with Gasteiger partial charge < -0.3 is 10.1 Å². The molecule has 1 aliphatic rings. The van der Waals surface area contributed by atoms with Crippen molar-refractivity contribution in [3.63, 3.8) is 0 Å². The molecular weight excluding hydrogens is 420 g/mol. The summed E-state index contributed by atoms with van der Waals surface area (Å²) in [6.45, 7) is 7.65. The monoisotopic (exact) mass is 446 g/mol. The molecule has 1 aliphatic heterocycles. The van der Waals surface area contributed by atoms with Gasteiger partial charge in [0.15, 0.2) is 0 Å². The SMILES string of the molecule is CC(C)CCC(C)NC(=O)c1ccc(Br)c(S(=O)(=O)N2CCOCC2)c1. The van der Waals surface area contributed by atoms with Crippen LogP contribution >= 0.6 is 15.9 Å². The number of rotatable bonds is 7. The fraction of sp³-hybridized carbons (Fsp3) is 0.611. The Kier molecular flexibility index (Phi) is 7.63. The van der Waals surface area contributed by atoms with Crippen LogP contribution in [-0.4, -0.2) is 51.0 Å². The zero-order valence-corrected chi connectivity index (χ0v) is 17.9. The molecule has 1 N–H and O–H groups in total. The van der Waals surface area contributed by atoms with Gasteiger partial charge in [0.2, 0.25) is 10.0 Å². The molecule has 0 saturated carbocycles. The van der Waals surface area contributed by atoms with Gasteiger partial charge in [-0.05, 0) is 59.8 Å². The molecule has 1 unspecified atom stereocenters. The predicted octanol–water partition coefficient (Wildman–Crippen LogP) is 3.02. The van der Waals surface area contributed by atoms with Crippen molar-refractivity contribution in [1.82, 2.24) is 9.62 Å². The largest absolute Gasteiger partial charge is 0.379 e. The third-order valence-corrected chi connectivity index (χ3v) is 7.23. The van der Waals surface area contributed by atoms with E-state index < -0.39 is 10.0 Å². The smallest absolute Gasteiger partial charge is 0.251 e. The maximum absolute atomic E-state index is 12.9. The molecular formula is C18H27BrN2O4S. The van der Waals surface area contributed by atoms with E-state index in [1.54, 1.807) is 12.1 Å². The van der Waals surface area contributed by atoms with E-state index in [-0.39, 0.29) is 16.8 Å². The van der Waals surface area contributed by atoms with Crippen LogP contribution in [0.4, 0.5) is 0 Å². The third-order valence-electron chi connectivity index (χ3n) is 4.34. The number of ether oxygens (including phenoxy) is 1. The quantitative estimate of drug-likeness (QED) is 0.697. The lowest BCUT2D eigenvalue weighted by Gasteiger charge is -2.26. The summed E-state index contributed by atoms with van der Waals surface area (Å²) in [4.78, 5) is 12.6. The van der Waals surface area contributed by atoms with E-state index in [1.807, 2.05) is 6.92 Å². The second kappa shape index (κ2) is 9.30. The average Bonchev–Trinajstić information content (AvgIpc) is 2.60. The molecule has 6 nitrogen and oxygen atoms in total. The van der Waals surface area contributed by atoms with Gasteiger partial charge in [0, 0.05) is 29.2 Å². The molecule has 8 heteroatoms. The van der Waals surface area contributed by atoms with Crippen LogP contribution in [0, 0.1) is 5.92 Å². The van der Waals surface area contributed by atoms with E-state index in [4.69, 9.17) is 4.74 Å². The van der Waals surface area contributed by atoms with E-state index in [2.05, 4.69) is 35.1 Å². The molecule has 0 radical (unpaired) electrons. The maximum atomic E-state index is 12.9. The first-order valence-corrected chi connectivity index (χ1v) is 11.1. The highest BCUT2D eigenvalue weighted by molar-refractivity contribution is 9.10. The topological polar surface area (TPSA) is 75.7 Å². The average molecular weight is 447 g/mol. The Morgan fingerprint density at radius 3 is 2.50 bits per heavy atom. The highest BCUT2D eigenvalue weighted by Crippen LogP contribution is 2.27. The summed E-state index contributed by atoms with van der Waals surface area (Å²) in [6.07, 6.45) is 1.91. The number of carbonyl (C=O) groups excluding carboxylic acids is 1. The van der Waals surface area contributed by atoms with Crippen LogP contribution in [0.15, 0.2) is 27.6 Å². The van der Waals surface area contributed by atoms with Gasteiger partial charge in [0.1, 0.15) is 0 Å². The zero-order valence-electron chi connectivity index (χ0n) is 15.5. The summed E-state index contributed by atoms with van der Waals surface area (Å²) in [5.41, 5.74) is 0.344. The summed E-state index contributed by atoms with van der Waals surface area (Å²) in [6, 6.07) is 4.72. The van der Waals surface area contributed by atoms with Crippen LogP contribution in [0.1, 0.15) is 44.0 Å². The summed E-state index contributed by atoms with van der Waals surface area (Å²) in [5, 5.41) is 2.95. The number of benzene rings is 1. The number of nitrogens with zero attached hydrogens (tertiary/aromatic N) is 1. The molecule has 1 aromatic rings. The Hall–Kier alpha value is -0.960. The first-order valence-electron chi connectivity index (χ1n) is 8.90. The molecule has 146 valence electrons. The van der Waals surface area contributed by atoms with Crippen molar-refractivity contribution < 1.29 is 17.9 Å². The number of sulfonamides is 1. The van der Waals surface area contributed by atoms with Gasteiger partial charge in [-0.1, -0.05) is 13.8 Å². The summed E-state index contributed by atoms with van der Waals surface area (Å²) in [5.74, 6) is 0.319. The van der Waals surface area contributed by atoms with Gasteiger partial charge in [-0.3, -0.25) is 4.79 Å². The van der Waals surface area contributed by atoms with Crippen molar-refractivity contribution in [2.24, 2.45) is 5.92 Å². The molecule has 1 fully saturated rings. The van der Waals surface area contributed by atoms with E-state index in [0.717, 1.165) is 12.8 Å². The number of halogens is 1. The molecule has 1 heterocycles. The van der Waals surface area contributed by atoms with Crippen molar-refractivity contribution in [1.29, 1.82) is 0 Å². The Labute approximate surface area is 164 Å². The Morgan fingerprint density at radius 1 is 1.23 bits per heavy atom. The lowest BCUT2D eigenvalue weighted by Crippen LogP contribution is -2.40. The minimum absolute atomic E-state index is 0.0350. The first-order chi connectivity index (χ1) is 12.2. The van der Waals surface area contributed by atoms with E-state index in [1.165, 1.54) is 10.4 Å². The minimum Gasteiger partial charge on any atom is -0.379 e. The fourth-order valence-corrected chi connectivity index (χ4v) is 5.09. The molecule has 0 aromatic heterocycles. The van der Waals surface area contributed by atoms with E-state index in [9.17, 15) is 13.2 Å². The van der Waals surface area contributed by atoms with Gasteiger partial charge in [-0.25, -0.2) is 8.42 Å². The minimum atomic E-state index is -3.67. The molecule has 1 saturated heterocycles. The lowest BCUT2D eigenvalue weighted by molar-refractivity contribution is 0.0730. The zero-order chi connectivity index (χ0) is 19.3. The maximum Gasteiger partial charge on any atom is 0.251 e. The standard InChI is InChI=1S/C18H27BrN2O4S/c1-13(2)4-5-14(3)20-18(22)15-6-7-16(19)17(12-15)26(23,24)21-8-10-25-11-9-21/h6-7,12-14H,4-5,8-11H2,1-3H3,(H,20,22). The Morgan fingerprint density at radius 2 is 1.88 bits per heavy atom. The van der Waals surface area contributed by atoms with Crippen LogP contribution in [0.2, 0.25) is 0 Å². The normalized spacial score (nSPS) is 17.3. The molecule has 0 bridgehead atoms. The highest BCUT2D eigenvalue weighted by Gasteiger charge is 2.29. The Bertz CT molecular complexity index is 731. The second-order valence-corrected chi connectivity index (χ2v) is 9.77. The van der Waals surface area contributed by atoms with Crippen molar-refractivity contribution in [2.45, 2.75) is 44.6 Å². The molecule has 26 heavy (non-hydrogen) atoms.